The van der Waals surface area contributed by atoms with E-state index in [1.807, 2.05) is 0 Å². The van der Waals surface area contributed by atoms with Crippen LogP contribution in [0.5, 0.6) is 5.75 Å². The summed E-state index contributed by atoms with van der Waals surface area (Å²) in [6, 6.07) is 4.42. The van der Waals surface area contributed by atoms with Crippen LogP contribution in [0, 0.1) is 6.92 Å². The molecule has 2 nitrogen and oxygen atoms in total. The van der Waals surface area contributed by atoms with Gasteiger partial charge in [-0.25, -0.2) is 0 Å². The molecule has 0 fully saturated rings. The summed E-state index contributed by atoms with van der Waals surface area (Å²) in [6.07, 6.45) is 2.82. The SMILES string of the molecule is COc1c(CCCCO)cc(C)cc1C(C)(C)C. The first-order chi connectivity index (χ1) is 8.40. The third-order valence-electron chi connectivity index (χ3n) is 3.18. The lowest BCUT2D eigenvalue weighted by Gasteiger charge is -2.25. The second-order valence-electron chi connectivity index (χ2n) is 5.94. The maximum absolute atomic E-state index is 8.88. The molecule has 0 unspecified atom stereocenters. The molecule has 0 spiro atoms. The minimum atomic E-state index is 0.0864. The lowest BCUT2D eigenvalue weighted by atomic mass is 9.83. The number of benzene rings is 1. The Hall–Kier alpha value is -1.02. The van der Waals surface area contributed by atoms with E-state index in [0.29, 0.717) is 0 Å². The molecule has 0 atom stereocenters. The number of unbranched alkanes of at least 4 members (excludes halogenated alkanes) is 1. The molecule has 0 aliphatic heterocycles. The monoisotopic (exact) mass is 250 g/mol. The third-order valence-corrected chi connectivity index (χ3v) is 3.18. The second-order valence-corrected chi connectivity index (χ2v) is 5.94. The fraction of sp³-hybridized carbons (Fsp3) is 0.625. The Kier molecular flexibility index (Phi) is 5.21. The van der Waals surface area contributed by atoms with Crippen LogP contribution in [0.15, 0.2) is 12.1 Å². The first-order valence-corrected chi connectivity index (χ1v) is 6.69. The number of hydrogen-bond acceptors (Lipinski definition) is 2. The molecule has 0 aliphatic rings. The Labute approximate surface area is 111 Å². The number of ether oxygens (including phenoxy) is 1. The molecule has 2 heteroatoms. The van der Waals surface area contributed by atoms with Crippen molar-refractivity contribution in [2.45, 2.75) is 52.4 Å². The number of methoxy groups -OCH3 is 1. The Morgan fingerprint density at radius 3 is 2.33 bits per heavy atom. The number of aryl methyl sites for hydroxylation is 2. The normalized spacial score (nSPS) is 11.7. The van der Waals surface area contributed by atoms with Crippen LogP contribution < -0.4 is 4.74 Å². The summed E-state index contributed by atoms with van der Waals surface area (Å²) in [5, 5.41) is 8.88. The highest BCUT2D eigenvalue weighted by molar-refractivity contribution is 5.47. The average Bonchev–Trinajstić information content (AvgIpc) is 2.27. The fourth-order valence-electron chi connectivity index (χ4n) is 2.26. The molecular weight excluding hydrogens is 224 g/mol. The highest BCUT2D eigenvalue weighted by Crippen LogP contribution is 2.35. The Morgan fingerprint density at radius 1 is 1.17 bits per heavy atom. The number of aliphatic hydroxyl groups excluding tert-OH is 1. The van der Waals surface area contributed by atoms with Crippen molar-refractivity contribution in [2.75, 3.05) is 13.7 Å². The summed E-state index contributed by atoms with van der Waals surface area (Å²) in [4.78, 5) is 0. The second kappa shape index (κ2) is 6.24. The first kappa shape index (κ1) is 15.0. The third kappa shape index (κ3) is 3.74. The minimum Gasteiger partial charge on any atom is -0.496 e. The van der Waals surface area contributed by atoms with Crippen molar-refractivity contribution in [2.24, 2.45) is 0 Å². The fourth-order valence-corrected chi connectivity index (χ4v) is 2.26. The summed E-state index contributed by atoms with van der Waals surface area (Å²) in [5.41, 5.74) is 3.89. The molecule has 102 valence electrons. The van der Waals surface area contributed by atoms with Gasteiger partial charge in [0.15, 0.2) is 0 Å². The van der Waals surface area contributed by atoms with Crippen molar-refractivity contribution in [3.05, 3.63) is 28.8 Å². The van der Waals surface area contributed by atoms with Gasteiger partial charge in [-0.1, -0.05) is 38.5 Å². The van der Waals surface area contributed by atoms with Crippen LogP contribution in [0.2, 0.25) is 0 Å². The van der Waals surface area contributed by atoms with E-state index in [1.165, 1.54) is 16.7 Å². The largest absolute Gasteiger partial charge is 0.496 e. The molecule has 18 heavy (non-hydrogen) atoms. The van der Waals surface area contributed by atoms with Crippen LogP contribution in [0.1, 0.15) is 50.3 Å². The van der Waals surface area contributed by atoms with Crippen LogP contribution in [-0.2, 0) is 11.8 Å². The van der Waals surface area contributed by atoms with Gasteiger partial charge in [0.1, 0.15) is 5.75 Å². The maximum atomic E-state index is 8.88. The Bertz CT molecular complexity index is 389. The van der Waals surface area contributed by atoms with Gasteiger partial charge in [0.25, 0.3) is 0 Å². The Morgan fingerprint density at radius 2 is 1.83 bits per heavy atom. The lowest BCUT2D eigenvalue weighted by molar-refractivity contribution is 0.284. The molecule has 0 bridgehead atoms. The average molecular weight is 250 g/mol. The summed E-state index contributed by atoms with van der Waals surface area (Å²) in [6.45, 7) is 9.02. The standard InChI is InChI=1S/C16H26O2/c1-12-10-13(8-6-7-9-17)15(18-5)14(11-12)16(2,3)4/h10-11,17H,6-9H2,1-5H3. The van der Waals surface area contributed by atoms with Gasteiger partial charge in [0.2, 0.25) is 0 Å². The number of rotatable bonds is 5. The highest BCUT2D eigenvalue weighted by atomic mass is 16.5. The van der Waals surface area contributed by atoms with Gasteiger partial charge in [-0.15, -0.1) is 0 Å². The van der Waals surface area contributed by atoms with E-state index < -0.39 is 0 Å². The van der Waals surface area contributed by atoms with Gasteiger partial charge in [-0.3, -0.25) is 0 Å². The van der Waals surface area contributed by atoms with Crippen molar-refractivity contribution >= 4 is 0 Å². The minimum absolute atomic E-state index is 0.0864. The topological polar surface area (TPSA) is 29.5 Å². The van der Waals surface area contributed by atoms with Crippen molar-refractivity contribution < 1.29 is 9.84 Å². The zero-order valence-corrected chi connectivity index (χ0v) is 12.3. The summed E-state index contributed by atoms with van der Waals surface area (Å²) in [7, 11) is 1.75. The smallest absolute Gasteiger partial charge is 0.125 e. The van der Waals surface area contributed by atoms with Gasteiger partial charge in [0, 0.05) is 12.2 Å². The van der Waals surface area contributed by atoms with E-state index >= 15 is 0 Å². The quantitative estimate of drug-likeness (QED) is 0.809. The Balaban J connectivity index is 3.12. The van der Waals surface area contributed by atoms with Crippen LogP contribution in [-0.4, -0.2) is 18.8 Å². The van der Waals surface area contributed by atoms with Crippen LogP contribution in [0.4, 0.5) is 0 Å². The van der Waals surface area contributed by atoms with Crippen molar-refractivity contribution in [1.29, 1.82) is 0 Å². The van der Waals surface area contributed by atoms with Gasteiger partial charge in [-0.05, 0) is 37.2 Å². The molecule has 1 rings (SSSR count). The van der Waals surface area contributed by atoms with E-state index in [1.54, 1.807) is 7.11 Å². The molecule has 0 amide bonds. The van der Waals surface area contributed by atoms with Crippen LogP contribution in [0.3, 0.4) is 0 Å². The number of hydrogen-bond donors (Lipinski definition) is 1. The number of aliphatic hydroxyl groups is 1. The van der Waals surface area contributed by atoms with E-state index in [2.05, 4.69) is 39.8 Å². The zero-order valence-electron chi connectivity index (χ0n) is 12.3. The van der Waals surface area contributed by atoms with Crippen molar-refractivity contribution in [1.82, 2.24) is 0 Å². The van der Waals surface area contributed by atoms with E-state index in [4.69, 9.17) is 9.84 Å². The van der Waals surface area contributed by atoms with Crippen LogP contribution in [0.25, 0.3) is 0 Å². The lowest BCUT2D eigenvalue weighted by Crippen LogP contribution is -2.14. The summed E-state index contributed by atoms with van der Waals surface area (Å²) < 4.78 is 5.63. The zero-order chi connectivity index (χ0) is 13.8. The predicted octanol–water partition coefficient (Wildman–Crippen LogP) is 3.62. The molecule has 1 N–H and O–H groups in total. The van der Waals surface area contributed by atoms with E-state index in [9.17, 15) is 0 Å². The van der Waals surface area contributed by atoms with E-state index in [0.717, 1.165) is 25.0 Å². The van der Waals surface area contributed by atoms with Crippen LogP contribution >= 0.6 is 0 Å². The molecule has 0 radical (unpaired) electrons. The molecule has 0 saturated carbocycles. The predicted molar refractivity (Wildman–Crippen MR) is 76.5 cm³/mol. The molecule has 0 heterocycles. The molecular formula is C16H26O2. The highest BCUT2D eigenvalue weighted by Gasteiger charge is 2.21. The van der Waals surface area contributed by atoms with Gasteiger partial charge in [-0.2, -0.15) is 0 Å². The summed E-state index contributed by atoms with van der Waals surface area (Å²) >= 11 is 0. The molecule has 0 aliphatic carbocycles. The maximum Gasteiger partial charge on any atom is 0.125 e. The van der Waals surface area contributed by atoms with Gasteiger partial charge < -0.3 is 9.84 Å². The summed E-state index contributed by atoms with van der Waals surface area (Å²) in [5.74, 6) is 1.02. The van der Waals surface area contributed by atoms with Crippen molar-refractivity contribution in [3.63, 3.8) is 0 Å². The van der Waals surface area contributed by atoms with Gasteiger partial charge >= 0.3 is 0 Å². The van der Waals surface area contributed by atoms with Gasteiger partial charge in [0.05, 0.1) is 7.11 Å². The molecule has 1 aromatic rings. The molecule has 1 aromatic carbocycles. The van der Waals surface area contributed by atoms with E-state index in [-0.39, 0.29) is 12.0 Å². The first-order valence-electron chi connectivity index (χ1n) is 6.69. The molecule has 0 saturated heterocycles. The van der Waals surface area contributed by atoms with Crippen molar-refractivity contribution in [3.8, 4) is 5.75 Å². The molecule has 0 aromatic heterocycles.